The third-order valence-electron chi connectivity index (χ3n) is 4.23. The highest BCUT2D eigenvalue weighted by Gasteiger charge is 2.19. The maximum absolute atomic E-state index is 12.5. The molecule has 0 radical (unpaired) electrons. The fraction of sp³-hybridized carbons (Fsp3) is 0.412. The Balaban J connectivity index is 2.15. The molecule has 2 rings (SSSR count). The van der Waals surface area contributed by atoms with E-state index in [1.54, 1.807) is 0 Å². The molecular formula is C17H23BrN4O. The van der Waals surface area contributed by atoms with Gasteiger partial charge in [-0.15, -0.1) is 0 Å². The Kier molecular flexibility index (Phi) is 5.14. The quantitative estimate of drug-likeness (QED) is 0.799. The minimum Gasteiger partial charge on any atom is -0.397 e. The van der Waals surface area contributed by atoms with Crippen molar-refractivity contribution in [2.45, 2.75) is 34.1 Å². The van der Waals surface area contributed by atoms with Crippen LogP contribution in [0.15, 0.2) is 16.6 Å². The number of carbonyl (C=O) groups is 1. The van der Waals surface area contributed by atoms with Crippen molar-refractivity contribution in [3.05, 3.63) is 39.1 Å². The second kappa shape index (κ2) is 6.74. The third kappa shape index (κ3) is 3.75. The van der Waals surface area contributed by atoms with Crippen LogP contribution in [0.1, 0.15) is 29.4 Å². The van der Waals surface area contributed by atoms with Gasteiger partial charge in [0, 0.05) is 23.1 Å². The summed E-state index contributed by atoms with van der Waals surface area (Å²) in [6, 6.07) is 3.75. The number of aryl methyl sites for hydroxylation is 3. The van der Waals surface area contributed by atoms with Crippen molar-refractivity contribution in [3.8, 4) is 0 Å². The van der Waals surface area contributed by atoms with Crippen LogP contribution in [0, 0.1) is 26.7 Å². The van der Waals surface area contributed by atoms with Crippen LogP contribution in [-0.2, 0) is 18.3 Å². The van der Waals surface area contributed by atoms with E-state index < -0.39 is 0 Å². The Bertz CT molecular complexity index is 752. The van der Waals surface area contributed by atoms with Crippen LogP contribution in [-0.4, -0.2) is 15.7 Å². The van der Waals surface area contributed by atoms with Gasteiger partial charge in [0.2, 0.25) is 5.91 Å². The number of hydrogen-bond acceptors (Lipinski definition) is 3. The molecular weight excluding hydrogens is 356 g/mol. The van der Waals surface area contributed by atoms with Gasteiger partial charge in [0.25, 0.3) is 0 Å². The molecule has 1 heterocycles. The summed E-state index contributed by atoms with van der Waals surface area (Å²) in [6.07, 6.45) is 0.657. The van der Waals surface area contributed by atoms with Gasteiger partial charge in [-0.1, -0.05) is 22.9 Å². The summed E-state index contributed by atoms with van der Waals surface area (Å²) < 4.78 is 2.75. The lowest BCUT2D eigenvalue weighted by molar-refractivity contribution is -0.119. The standard InChI is InChI=1S/C17H23BrN4O/c1-9-6-13(18)8-15(16(9)19)20-17(23)10(2)7-14-11(3)21-22(5)12(14)4/h6,8,10H,7,19H2,1-5H3,(H,20,23). The average molecular weight is 379 g/mol. The van der Waals surface area contributed by atoms with E-state index in [4.69, 9.17) is 5.73 Å². The molecule has 0 saturated carbocycles. The number of rotatable bonds is 4. The first-order valence-electron chi connectivity index (χ1n) is 7.56. The van der Waals surface area contributed by atoms with Gasteiger partial charge in [0.05, 0.1) is 17.1 Å². The molecule has 1 aromatic carbocycles. The Morgan fingerprint density at radius 3 is 2.61 bits per heavy atom. The lowest BCUT2D eigenvalue weighted by Crippen LogP contribution is -2.23. The van der Waals surface area contributed by atoms with E-state index in [0.717, 1.165) is 27.0 Å². The molecule has 0 aliphatic carbocycles. The smallest absolute Gasteiger partial charge is 0.227 e. The molecule has 23 heavy (non-hydrogen) atoms. The van der Waals surface area contributed by atoms with E-state index in [1.807, 2.05) is 51.6 Å². The van der Waals surface area contributed by atoms with Crippen LogP contribution in [0.4, 0.5) is 11.4 Å². The Morgan fingerprint density at radius 2 is 2.04 bits per heavy atom. The van der Waals surface area contributed by atoms with Crippen LogP contribution < -0.4 is 11.1 Å². The zero-order valence-corrected chi connectivity index (χ0v) is 15.8. The van der Waals surface area contributed by atoms with Crippen LogP contribution in [0.3, 0.4) is 0 Å². The van der Waals surface area contributed by atoms with E-state index >= 15 is 0 Å². The molecule has 124 valence electrons. The number of nitrogens with zero attached hydrogens (tertiary/aromatic N) is 2. The number of amides is 1. The fourth-order valence-electron chi connectivity index (χ4n) is 2.63. The number of halogens is 1. The molecule has 0 bridgehead atoms. The normalized spacial score (nSPS) is 12.3. The van der Waals surface area contributed by atoms with Gasteiger partial charge in [0.1, 0.15) is 0 Å². The summed E-state index contributed by atoms with van der Waals surface area (Å²) in [7, 11) is 1.92. The minimum atomic E-state index is -0.171. The highest BCUT2D eigenvalue weighted by Crippen LogP contribution is 2.28. The van der Waals surface area contributed by atoms with E-state index in [-0.39, 0.29) is 11.8 Å². The molecule has 0 fully saturated rings. The summed E-state index contributed by atoms with van der Waals surface area (Å²) in [5, 5.41) is 7.34. The third-order valence-corrected chi connectivity index (χ3v) is 4.68. The van der Waals surface area contributed by atoms with Crippen LogP contribution in [0.25, 0.3) is 0 Å². The van der Waals surface area contributed by atoms with Gasteiger partial charge >= 0.3 is 0 Å². The molecule has 1 unspecified atom stereocenters. The predicted octanol–water partition coefficient (Wildman–Crippen LogP) is 3.51. The molecule has 0 aliphatic heterocycles. The Hall–Kier alpha value is -1.82. The fourth-order valence-corrected chi connectivity index (χ4v) is 3.20. The topological polar surface area (TPSA) is 72.9 Å². The number of anilines is 2. The number of carbonyl (C=O) groups excluding carboxylic acids is 1. The van der Waals surface area contributed by atoms with Gasteiger partial charge in [-0.05, 0) is 50.5 Å². The first kappa shape index (κ1) is 17.5. The van der Waals surface area contributed by atoms with Crippen LogP contribution >= 0.6 is 15.9 Å². The second-order valence-electron chi connectivity index (χ2n) is 6.05. The molecule has 6 heteroatoms. The summed E-state index contributed by atoms with van der Waals surface area (Å²) in [4.78, 5) is 12.5. The van der Waals surface area contributed by atoms with E-state index in [1.165, 1.54) is 0 Å². The van der Waals surface area contributed by atoms with E-state index in [9.17, 15) is 4.79 Å². The molecule has 1 atom stereocenters. The Morgan fingerprint density at radius 1 is 1.39 bits per heavy atom. The van der Waals surface area contributed by atoms with Gasteiger partial charge in [0.15, 0.2) is 0 Å². The Labute approximate surface area is 145 Å². The summed E-state index contributed by atoms with van der Waals surface area (Å²) in [6.45, 7) is 7.84. The molecule has 3 N–H and O–H groups in total. The molecule has 1 amide bonds. The zero-order valence-electron chi connectivity index (χ0n) is 14.2. The molecule has 0 saturated heterocycles. The molecule has 0 aliphatic rings. The number of benzene rings is 1. The average Bonchev–Trinajstić information content (AvgIpc) is 2.70. The maximum atomic E-state index is 12.5. The van der Waals surface area contributed by atoms with Crippen molar-refractivity contribution in [3.63, 3.8) is 0 Å². The van der Waals surface area contributed by atoms with Crippen molar-refractivity contribution in [2.24, 2.45) is 13.0 Å². The van der Waals surface area contributed by atoms with Crippen molar-refractivity contribution in [2.75, 3.05) is 11.1 Å². The molecule has 1 aromatic heterocycles. The molecule has 0 spiro atoms. The van der Waals surface area contributed by atoms with Gasteiger partial charge in [-0.2, -0.15) is 5.10 Å². The largest absolute Gasteiger partial charge is 0.397 e. The number of nitrogens with one attached hydrogen (secondary N) is 1. The summed E-state index contributed by atoms with van der Waals surface area (Å²) in [5.41, 5.74) is 11.4. The highest BCUT2D eigenvalue weighted by molar-refractivity contribution is 9.10. The number of hydrogen-bond donors (Lipinski definition) is 2. The predicted molar refractivity (Wildman–Crippen MR) is 97.5 cm³/mol. The van der Waals surface area contributed by atoms with Gasteiger partial charge < -0.3 is 11.1 Å². The number of nitrogens with two attached hydrogens (primary N) is 1. The van der Waals surface area contributed by atoms with Gasteiger partial charge in [-0.3, -0.25) is 9.48 Å². The number of nitrogen functional groups attached to an aromatic ring is 1. The maximum Gasteiger partial charge on any atom is 0.227 e. The molecule has 2 aromatic rings. The van der Waals surface area contributed by atoms with E-state index in [0.29, 0.717) is 17.8 Å². The second-order valence-corrected chi connectivity index (χ2v) is 6.97. The zero-order chi connectivity index (χ0) is 17.3. The first-order valence-corrected chi connectivity index (χ1v) is 8.35. The summed E-state index contributed by atoms with van der Waals surface area (Å²) in [5.74, 6) is -0.216. The van der Waals surface area contributed by atoms with Crippen LogP contribution in [0.2, 0.25) is 0 Å². The SMILES string of the molecule is Cc1cc(Br)cc(NC(=O)C(C)Cc2c(C)nn(C)c2C)c1N. The highest BCUT2D eigenvalue weighted by atomic mass is 79.9. The first-order chi connectivity index (χ1) is 10.7. The number of aromatic nitrogens is 2. The van der Waals surface area contributed by atoms with Crippen molar-refractivity contribution < 1.29 is 4.79 Å². The van der Waals surface area contributed by atoms with Crippen molar-refractivity contribution >= 4 is 33.2 Å². The monoisotopic (exact) mass is 378 g/mol. The lowest BCUT2D eigenvalue weighted by Gasteiger charge is -2.15. The lowest BCUT2D eigenvalue weighted by atomic mass is 9.98. The summed E-state index contributed by atoms with van der Waals surface area (Å²) >= 11 is 3.43. The van der Waals surface area contributed by atoms with Gasteiger partial charge in [-0.25, -0.2) is 0 Å². The van der Waals surface area contributed by atoms with Crippen molar-refractivity contribution in [1.82, 2.24) is 9.78 Å². The van der Waals surface area contributed by atoms with E-state index in [2.05, 4.69) is 26.3 Å². The van der Waals surface area contributed by atoms with Crippen LogP contribution in [0.5, 0.6) is 0 Å². The minimum absolute atomic E-state index is 0.0446. The molecule has 5 nitrogen and oxygen atoms in total. The van der Waals surface area contributed by atoms with Crippen molar-refractivity contribution in [1.29, 1.82) is 0 Å².